The molecule has 0 aromatic carbocycles. The molecule has 7 heteroatoms. The minimum Gasteiger partial charge on any atom is -0.393 e. The molecule has 2 atom stereocenters. The lowest BCUT2D eigenvalue weighted by Crippen LogP contribution is -2.63. The van der Waals surface area contributed by atoms with Gasteiger partial charge in [-0.1, -0.05) is 0 Å². The Labute approximate surface area is 135 Å². The molecule has 2 saturated heterocycles. The summed E-state index contributed by atoms with van der Waals surface area (Å²) in [5.41, 5.74) is 2.01. The van der Waals surface area contributed by atoms with Crippen molar-refractivity contribution in [3.63, 3.8) is 0 Å². The molecular formula is C16H22N4O3. The number of nitrogens with zero attached hydrogens (tertiary/aromatic N) is 3. The van der Waals surface area contributed by atoms with Crippen molar-refractivity contribution in [1.82, 2.24) is 14.8 Å². The molecule has 1 aromatic rings. The van der Waals surface area contributed by atoms with Crippen LogP contribution in [-0.4, -0.2) is 70.0 Å². The summed E-state index contributed by atoms with van der Waals surface area (Å²) in [5, 5.41) is 13.0. The van der Waals surface area contributed by atoms with Gasteiger partial charge in [-0.05, 0) is 25.0 Å². The van der Waals surface area contributed by atoms with Gasteiger partial charge in [-0.15, -0.1) is 0 Å². The summed E-state index contributed by atoms with van der Waals surface area (Å²) in [7, 11) is 0. The van der Waals surface area contributed by atoms with E-state index in [1.165, 1.54) is 0 Å². The van der Waals surface area contributed by atoms with Crippen LogP contribution in [0.3, 0.4) is 0 Å². The minimum absolute atomic E-state index is 0.0263. The number of piperidine rings is 1. The summed E-state index contributed by atoms with van der Waals surface area (Å²) in [5.74, 6) is -0.0850. The molecule has 0 radical (unpaired) electrons. The number of hydrogen-bond donors (Lipinski definition) is 2. The third kappa shape index (κ3) is 3.29. The summed E-state index contributed by atoms with van der Waals surface area (Å²) in [6, 6.07) is 1.39. The molecule has 1 aromatic heterocycles. The van der Waals surface area contributed by atoms with Gasteiger partial charge in [0.25, 0.3) is 0 Å². The van der Waals surface area contributed by atoms with Crippen LogP contribution < -0.4 is 5.32 Å². The average Bonchev–Trinajstić information content (AvgIpc) is 2.53. The van der Waals surface area contributed by atoms with Gasteiger partial charge in [0.2, 0.25) is 11.8 Å². The highest BCUT2D eigenvalue weighted by Gasteiger charge is 2.42. The maximum absolute atomic E-state index is 12.5. The smallest absolute Gasteiger partial charge is 0.246 e. The van der Waals surface area contributed by atoms with Gasteiger partial charge in [0, 0.05) is 44.1 Å². The van der Waals surface area contributed by atoms with Crippen molar-refractivity contribution in [3.05, 3.63) is 24.0 Å². The maximum atomic E-state index is 12.5. The van der Waals surface area contributed by atoms with Crippen molar-refractivity contribution in [1.29, 1.82) is 0 Å². The fourth-order valence-electron chi connectivity index (χ4n) is 3.21. The Kier molecular flexibility index (Phi) is 4.47. The van der Waals surface area contributed by atoms with Crippen LogP contribution in [0.15, 0.2) is 18.5 Å². The zero-order chi connectivity index (χ0) is 16.4. The molecule has 0 bridgehead atoms. The number of aryl methyl sites for hydroxylation is 1. The van der Waals surface area contributed by atoms with Gasteiger partial charge in [-0.2, -0.15) is 0 Å². The average molecular weight is 318 g/mol. The van der Waals surface area contributed by atoms with E-state index in [-0.39, 0.29) is 18.4 Å². The second kappa shape index (κ2) is 6.54. The fraction of sp³-hybridized carbons (Fsp3) is 0.562. The number of piperazine rings is 1. The van der Waals surface area contributed by atoms with Gasteiger partial charge in [0.1, 0.15) is 6.04 Å². The number of hydrogen-bond acceptors (Lipinski definition) is 5. The molecule has 2 fully saturated rings. The number of anilines is 1. The Morgan fingerprint density at radius 1 is 1.43 bits per heavy atom. The Morgan fingerprint density at radius 3 is 3.04 bits per heavy atom. The van der Waals surface area contributed by atoms with Crippen molar-refractivity contribution in [3.8, 4) is 0 Å². The monoisotopic (exact) mass is 318 g/mol. The molecule has 2 aliphatic heterocycles. The van der Waals surface area contributed by atoms with Crippen LogP contribution in [0.2, 0.25) is 0 Å². The Hall–Kier alpha value is -2.15. The first-order valence-electron chi connectivity index (χ1n) is 7.97. The third-order valence-corrected chi connectivity index (χ3v) is 4.54. The Balaban J connectivity index is 1.59. The van der Waals surface area contributed by atoms with E-state index < -0.39 is 12.1 Å². The van der Waals surface area contributed by atoms with Gasteiger partial charge in [-0.25, -0.2) is 0 Å². The van der Waals surface area contributed by atoms with Crippen LogP contribution >= 0.6 is 0 Å². The van der Waals surface area contributed by atoms with Gasteiger partial charge < -0.3 is 20.2 Å². The number of amides is 2. The van der Waals surface area contributed by atoms with E-state index in [9.17, 15) is 14.7 Å². The first kappa shape index (κ1) is 15.7. The van der Waals surface area contributed by atoms with Crippen molar-refractivity contribution in [2.45, 2.75) is 31.9 Å². The van der Waals surface area contributed by atoms with Crippen molar-refractivity contribution in [2.75, 3.05) is 31.5 Å². The lowest BCUT2D eigenvalue weighted by molar-refractivity contribution is -0.160. The minimum atomic E-state index is -0.498. The molecule has 2 aliphatic rings. The van der Waals surface area contributed by atoms with E-state index in [0.29, 0.717) is 32.5 Å². The van der Waals surface area contributed by atoms with Crippen LogP contribution in [0.4, 0.5) is 5.69 Å². The summed E-state index contributed by atoms with van der Waals surface area (Å²) in [4.78, 5) is 32.0. The molecule has 3 rings (SSSR count). The van der Waals surface area contributed by atoms with E-state index in [0.717, 1.165) is 11.3 Å². The molecule has 0 aliphatic carbocycles. The molecule has 0 saturated carbocycles. The number of aliphatic hydroxyl groups excluding tert-OH is 1. The number of pyridine rings is 1. The van der Waals surface area contributed by atoms with Crippen LogP contribution in [0.5, 0.6) is 0 Å². The Morgan fingerprint density at radius 2 is 2.26 bits per heavy atom. The predicted octanol–water partition coefficient (Wildman–Crippen LogP) is -0.00398. The summed E-state index contributed by atoms with van der Waals surface area (Å²) < 4.78 is 0. The molecule has 3 heterocycles. The second-order valence-electron chi connectivity index (χ2n) is 6.16. The first-order valence-corrected chi connectivity index (χ1v) is 7.97. The van der Waals surface area contributed by atoms with Crippen LogP contribution in [0.1, 0.15) is 18.4 Å². The first-order chi connectivity index (χ1) is 11.1. The lowest BCUT2D eigenvalue weighted by atomic mass is 9.96. The van der Waals surface area contributed by atoms with E-state index in [1.54, 1.807) is 22.2 Å². The fourth-order valence-corrected chi connectivity index (χ4v) is 3.21. The zero-order valence-electron chi connectivity index (χ0n) is 13.2. The number of aromatic nitrogens is 1. The highest BCUT2D eigenvalue weighted by molar-refractivity contribution is 5.95. The molecular weight excluding hydrogens is 296 g/mol. The summed E-state index contributed by atoms with van der Waals surface area (Å²) in [6.07, 6.45) is 3.90. The molecule has 124 valence electrons. The maximum Gasteiger partial charge on any atom is 0.246 e. The summed E-state index contributed by atoms with van der Waals surface area (Å²) in [6.45, 7) is 3.60. The number of rotatable bonds is 4. The number of carbonyl (C=O) groups excluding carboxylic acids is 2. The highest BCUT2D eigenvalue weighted by atomic mass is 16.3. The normalized spacial score (nSPS) is 24.6. The van der Waals surface area contributed by atoms with Crippen molar-refractivity contribution < 1.29 is 14.7 Å². The molecule has 23 heavy (non-hydrogen) atoms. The molecule has 0 unspecified atom stereocenters. The zero-order valence-corrected chi connectivity index (χ0v) is 13.2. The topological polar surface area (TPSA) is 85.8 Å². The summed E-state index contributed by atoms with van der Waals surface area (Å²) >= 11 is 0. The molecule has 2 amide bonds. The lowest BCUT2D eigenvalue weighted by Gasteiger charge is -2.44. The SMILES string of the molecule is Cc1cnccc1NCCN1CC(=O)N2CC[C@@H](O)C[C@H]2C1=O. The largest absolute Gasteiger partial charge is 0.393 e. The number of carbonyl (C=O) groups is 2. The van der Waals surface area contributed by atoms with Crippen molar-refractivity contribution >= 4 is 17.5 Å². The molecule has 2 N–H and O–H groups in total. The van der Waals surface area contributed by atoms with Crippen molar-refractivity contribution in [2.24, 2.45) is 0 Å². The van der Waals surface area contributed by atoms with E-state index in [1.807, 2.05) is 13.0 Å². The van der Waals surface area contributed by atoms with Gasteiger partial charge in [0.15, 0.2) is 0 Å². The molecule has 0 spiro atoms. The third-order valence-electron chi connectivity index (χ3n) is 4.54. The van der Waals surface area contributed by atoms with E-state index in [4.69, 9.17) is 0 Å². The van der Waals surface area contributed by atoms with Crippen LogP contribution in [0.25, 0.3) is 0 Å². The second-order valence-corrected chi connectivity index (χ2v) is 6.16. The van der Waals surface area contributed by atoms with E-state index in [2.05, 4.69) is 10.3 Å². The number of aliphatic hydroxyl groups is 1. The van der Waals surface area contributed by atoms with Crippen LogP contribution in [0, 0.1) is 6.92 Å². The quantitative estimate of drug-likeness (QED) is 0.816. The number of fused-ring (bicyclic) bond motifs is 1. The standard InChI is InChI=1S/C16H22N4O3/c1-11-9-17-4-2-13(11)18-5-7-19-10-15(22)20-6-3-12(21)8-14(20)16(19)23/h2,4,9,12,14,21H,3,5-8,10H2,1H3,(H,17,18)/t12-,14+/m1/s1. The number of nitrogens with one attached hydrogen (secondary N) is 1. The van der Waals surface area contributed by atoms with Crippen LogP contribution in [-0.2, 0) is 9.59 Å². The van der Waals surface area contributed by atoms with Gasteiger partial charge in [-0.3, -0.25) is 14.6 Å². The van der Waals surface area contributed by atoms with Gasteiger partial charge >= 0.3 is 0 Å². The molecule has 7 nitrogen and oxygen atoms in total. The highest BCUT2D eigenvalue weighted by Crippen LogP contribution is 2.23. The van der Waals surface area contributed by atoms with E-state index >= 15 is 0 Å². The predicted molar refractivity (Wildman–Crippen MR) is 84.8 cm³/mol. The Bertz CT molecular complexity index is 607. The van der Waals surface area contributed by atoms with Gasteiger partial charge in [0.05, 0.1) is 12.6 Å².